The van der Waals surface area contributed by atoms with Gasteiger partial charge in [-0.2, -0.15) is 13.2 Å². The van der Waals surface area contributed by atoms with Crippen LogP contribution < -0.4 is 10.2 Å². The Bertz CT molecular complexity index is 1490. The van der Waals surface area contributed by atoms with Gasteiger partial charge in [-0.15, -0.1) is 0 Å². The summed E-state index contributed by atoms with van der Waals surface area (Å²) in [6.45, 7) is 7.50. The highest BCUT2D eigenvalue weighted by Crippen LogP contribution is 2.37. The van der Waals surface area contributed by atoms with Crippen molar-refractivity contribution in [3.05, 3.63) is 69.2 Å². The Morgan fingerprint density at radius 1 is 1.16 bits per heavy atom. The van der Waals surface area contributed by atoms with E-state index in [2.05, 4.69) is 21.2 Å². The number of esters is 1. The summed E-state index contributed by atoms with van der Waals surface area (Å²) in [4.78, 5) is 33.0. The van der Waals surface area contributed by atoms with Crippen molar-refractivity contribution < 1.29 is 31.9 Å². The van der Waals surface area contributed by atoms with Crippen molar-refractivity contribution in [2.75, 3.05) is 24.5 Å². The van der Waals surface area contributed by atoms with Crippen LogP contribution in [0.4, 0.5) is 23.4 Å². The van der Waals surface area contributed by atoms with Crippen LogP contribution in [0.1, 0.15) is 79.4 Å². The summed E-state index contributed by atoms with van der Waals surface area (Å²) < 4.78 is 62.4. The average Bonchev–Trinajstić information content (AvgIpc) is 2.91. The standard InChI is InChI=1S/C32H36BrF4N3O3/c1-19-28(24-16-21(33)12-13-26(24)39-29(19)40-15-7-8-22(34)18-40)30(42)38-17-20(11-14-27(41)43-31(2,3)4)23-9-5-6-10-25(23)32(35,36)37/h5-6,9-10,12-13,16,20,22H,7-8,11,14-15,17-18H2,1-4H3,(H,38,42). The molecule has 1 aliphatic heterocycles. The number of amides is 1. The van der Waals surface area contributed by atoms with Crippen LogP contribution in [0.5, 0.6) is 0 Å². The molecule has 1 saturated heterocycles. The van der Waals surface area contributed by atoms with Gasteiger partial charge in [-0.05, 0) is 76.8 Å². The Morgan fingerprint density at radius 3 is 2.56 bits per heavy atom. The van der Waals surface area contributed by atoms with Gasteiger partial charge >= 0.3 is 12.1 Å². The first-order valence-electron chi connectivity index (χ1n) is 14.3. The van der Waals surface area contributed by atoms with E-state index in [1.54, 1.807) is 45.9 Å². The number of piperidine rings is 1. The van der Waals surface area contributed by atoms with Gasteiger partial charge in [0.2, 0.25) is 0 Å². The van der Waals surface area contributed by atoms with Crippen molar-refractivity contribution >= 4 is 44.5 Å². The fraction of sp³-hybridized carbons (Fsp3) is 0.469. The predicted octanol–water partition coefficient (Wildman–Crippen LogP) is 7.90. The molecule has 0 aliphatic carbocycles. The number of nitrogens with zero attached hydrogens (tertiary/aromatic N) is 2. The minimum absolute atomic E-state index is 0.0131. The lowest BCUT2D eigenvalue weighted by molar-refractivity contribution is -0.155. The Hall–Kier alpha value is -3.21. The smallest absolute Gasteiger partial charge is 0.416 e. The fourth-order valence-corrected chi connectivity index (χ4v) is 5.86. The molecule has 11 heteroatoms. The van der Waals surface area contributed by atoms with E-state index in [0.29, 0.717) is 47.2 Å². The van der Waals surface area contributed by atoms with E-state index in [-0.39, 0.29) is 31.5 Å². The van der Waals surface area contributed by atoms with E-state index in [1.165, 1.54) is 18.2 Å². The van der Waals surface area contributed by atoms with Gasteiger partial charge in [0.05, 0.1) is 23.2 Å². The molecule has 1 fully saturated rings. The second-order valence-electron chi connectivity index (χ2n) is 11.9. The zero-order valence-corrected chi connectivity index (χ0v) is 26.2. The van der Waals surface area contributed by atoms with Crippen LogP contribution in [0.15, 0.2) is 46.9 Å². The van der Waals surface area contributed by atoms with Gasteiger partial charge < -0.3 is 15.0 Å². The molecule has 3 aromatic rings. The van der Waals surface area contributed by atoms with Crippen LogP contribution in [-0.4, -0.2) is 48.3 Å². The molecule has 43 heavy (non-hydrogen) atoms. The summed E-state index contributed by atoms with van der Waals surface area (Å²) in [6.07, 6.45) is -4.61. The largest absolute Gasteiger partial charge is 0.460 e. The molecule has 1 aliphatic rings. The Balaban J connectivity index is 1.68. The topological polar surface area (TPSA) is 71.5 Å². The normalized spacial score (nSPS) is 16.7. The average molecular weight is 667 g/mol. The number of ether oxygens (including phenoxy) is 1. The second kappa shape index (κ2) is 13.2. The summed E-state index contributed by atoms with van der Waals surface area (Å²) in [5.41, 5.74) is -0.163. The van der Waals surface area contributed by atoms with Crippen molar-refractivity contribution in [3.8, 4) is 0 Å². The van der Waals surface area contributed by atoms with E-state index in [1.807, 2.05) is 4.90 Å². The zero-order valence-electron chi connectivity index (χ0n) is 24.7. The van der Waals surface area contributed by atoms with Gasteiger partial charge in [0.15, 0.2) is 0 Å². The molecule has 232 valence electrons. The zero-order chi connectivity index (χ0) is 31.5. The third-order valence-electron chi connectivity index (χ3n) is 7.39. The summed E-state index contributed by atoms with van der Waals surface area (Å²) >= 11 is 3.45. The maximum absolute atomic E-state index is 14.3. The van der Waals surface area contributed by atoms with E-state index < -0.39 is 41.3 Å². The van der Waals surface area contributed by atoms with Gasteiger partial charge in [0, 0.05) is 40.9 Å². The van der Waals surface area contributed by atoms with E-state index in [0.717, 1.165) is 10.5 Å². The maximum atomic E-state index is 14.3. The van der Waals surface area contributed by atoms with Crippen molar-refractivity contribution in [2.45, 2.75) is 77.2 Å². The molecule has 0 radical (unpaired) electrons. The molecular weight excluding hydrogens is 630 g/mol. The predicted molar refractivity (Wildman–Crippen MR) is 162 cm³/mol. The number of benzene rings is 2. The number of pyridine rings is 1. The SMILES string of the molecule is Cc1c(N2CCCC(F)C2)nc2ccc(Br)cc2c1C(=O)NCC(CCC(=O)OC(C)(C)C)c1ccccc1C(F)(F)F. The van der Waals surface area contributed by atoms with Crippen LogP contribution in [0.2, 0.25) is 0 Å². The second-order valence-corrected chi connectivity index (χ2v) is 12.8. The molecule has 6 nitrogen and oxygen atoms in total. The Kier molecular flexibility index (Phi) is 10.0. The van der Waals surface area contributed by atoms with Crippen LogP contribution in [-0.2, 0) is 15.7 Å². The lowest BCUT2D eigenvalue weighted by atomic mass is 9.89. The molecule has 0 spiro atoms. The summed E-state index contributed by atoms with van der Waals surface area (Å²) in [5.74, 6) is -1.36. The first-order chi connectivity index (χ1) is 20.1. The van der Waals surface area contributed by atoms with Crippen molar-refractivity contribution in [1.29, 1.82) is 0 Å². The molecular formula is C32H36BrF4N3O3. The van der Waals surface area contributed by atoms with Gasteiger partial charge in [-0.3, -0.25) is 9.59 Å². The minimum atomic E-state index is -4.62. The fourth-order valence-electron chi connectivity index (χ4n) is 5.50. The highest BCUT2D eigenvalue weighted by Gasteiger charge is 2.35. The Labute approximate surface area is 257 Å². The Morgan fingerprint density at radius 2 is 1.88 bits per heavy atom. The number of hydrogen-bond acceptors (Lipinski definition) is 5. The molecule has 4 rings (SSSR count). The van der Waals surface area contributed by atoms with E-state index >= 15 is 0 Å². The molecule has 1 amide bonds. The van der Waals surface area contributed by atoms with Gasteiger partial charge in [0.1, 0.15) is 17.6 Å². The molecule has 1 N–H and O–H groups in total. The highest BCUT2D eigenvalue weighted by atomic mass is 79.9. The number of carbonyl (C=O) groups is 2. The first-order valence-corrected chi connectivity index (χ1v) is 15.1. The molecule has 0 bridgehead atoms. The number of fused-ring (bicyclic) bond motifs is 1. The molecule has 1 aromatic heterocycles. The van der Waals surface area contributed by atoms with Gasteiger partial charge in [-0.1, -0.05) is 34.1 Å². The van der Waals surface area contributed by atoms with Crippen molar-refractivity contribution in [2.24, 2.45) is 0 Å². The quantitative estimate of drug-likeness (QED) is 0.196. The van der Waals surface area contributed by atoms with Gasteiger partial charge in [-0.25, -0.2) is 9.37 Å². The maximum Gasteiger partial charge on any atom is 0.416 e. The van der Waals surface area contributed by atoms with Crippen LogP contribution in [0.25, 0.3) is 10.9 Å². The number of rotatable bonds is 8. The minimum Gasteiger partial charge on any atom is -0.460 e. The van der Waals surface area contributed by atoms with E-state index in [9.17, 15) is 27.2 Å². The van der Waals surface area contributed by atoms with Crippen LogP contribution in [0.3, 0.4) is 0 Å². The number of nitrogens with one attached hydrogen (secondary N) is 1. The number of anilines is 1. The third-order valence-corrected chi connectivity index (χ3v) is 7.88. The monoisotopic (exact) mass is 665 g/mol. The lowest BCUT2D eigenvalue weighted by Crippen LogP contribution is -2.38. The van der Waals surface area contributed by atoms with Crippen LogP contribution in [0, 0.1) is 6.92 Å². The van der Waals surface area contributed by atoms with Crippen molar-refractivity contribution in [1.82, 2.24) is 10.3 Å². The number of hydrogen-bond donors (Lipinski definition) is 1. The van der Waals surface area contributed by atoms with E-state index in [4.69, 9.17) is 9.72 Å². The van der Waals surface area contributed by atoms with Gasteiger partial charge in [0.25, 0.3) is 5.91 Å². The lowest BCUT2D eigenvalue weighted by Gasteiger charge is -2.32. The highest BCUT2D eigenvalue weighted by molar-refractivity contribution is 9.10. The third kappa shape index (κ3) is 8.25. The number of halogens is 5. The molecule has 2 unspecified atom stereocenters. The number of carbonyl (C=O) groups excluding carboxylic acids is 2. The number of aromatic nitrogens is 1. The van der Waals surface area contributed by atoms with Crippen molar-refractivity contribution in [3.63, 3.8) is 0 Å². The number of alkyl halides is 4. The molecule has 2 heterocycles. The summed E-state index contributed by atoms with van der Waals surface area (Å²) in [7, 11) is 0. The summed E-state index contributed by atoms with van der Waals surface area (Å²) in [5, 5.41) is 3.40. The van der Waals surface area contributed by atoms with Crippen LogP contribution >= 0.6 is 15.9 Å². The summed E-state index contributed by atoms with van der Waals surface area (Å²) in [6, 6.07) is 10.5. The first kappa shape index (κ1) is 32.7. The molecule has 2 atom stereocenters. The molecule has 2 aromatic carbocycles. The molecule has 0 saturated carbocycles.